The van der Waals surface area contributed by atoms with Crippen molar-refractivity contribution in [2.24, 2.45) is 0 Å². The van der Waals surface area contributed by atoms with Crippen LogP contribution in [0.2, 0.25) is 0 Å². The van der Waals surface area contributed by atoms with Crippen molar-refractivity contribution in [1.29, 1.82) is 0 Å². The van der Waals surface area contributed by atoms with Gasteiger partial charge in [-0.2, -0.15) is 5.10 Å². The number of benzene rings is 1. The van der Waals surface area contributed by atoms with Crippen molar-refractivity contribution in [3.05, 3.63) is 71.7 Å². The highest BCUT2D eigenvalue weighted by Crippen LogP contribution is 2.23. The van der Waals surface area contributed by atoms with Crippen molar-refractivity contribution in [2.45, 2.75) is 33.0 Å². The normalized spacial score (nSPS) is 15.0. The van der Waals surface area contributed by atoms with Crippen LogP contribution in [-0.4, -0.2) is 26.2 Å². The maximum absolute atomic E-state index is 4.83. The van der Waals surface area contributed by atoms with Gasteiger partial charge in [-0.25, -0.2) is 0 Å². The van der Waals surface area contributed by atoms with E-state index in [0.717, 1.165) is 38.3 Å². The molecule has 122 valence electrons. The van der Waals surface area contributed by atoms with E-state index in [9.17, 15) is 0 Å². The summed E-state index contributed by atoms with van der Waals surface area (Å²) in [6.45, 7) is 6.12. The summed E-state index contributed by atoms with van der Waals surface area (Å²) in [5.41, 5.74) is 6.18. The van der Waals surface area contributed by atoms with E-state index >= 15 is 0 Å². The number of nitrogens with zero attached hydrogens (tertiary/aromatic N) is 4. The third-order valence-electron chi connectivity index (χ3n) is 4.60. The largest absolute Gasteiger partial charge is 0.293 e. The van der Waals surface area contributed by atoms with E-state index in [0.29, 0.717) is 0 Å². The standard InChI is InChI=1S/C20H22N4/c1-16-3-5-18(6-4-16)20-13-19-15-23(11-2-12-24(19)22-20)14-17-7-9-21-10-8-17/h3-10,13H,2,11-12,14-15H2,1H3. The van der Waals surface area contributed by atoms with Crippen molar-refractivity contribution in [3.63, 3.8) is 0 Å². The summed E-state index contributed by atoms with van der Waals surface area (Å²) in [5, 5.41) is 4.83. The number of hydrogen-bond acceptors (Lipinski definition) is 3. The molecule has 4 nitrogen and oxygen atoms in total. The molecule has 0 saturated heterocycles. The first-order chi connectivity index (χ1) is 11.8. The monoisotopic (exact) mass is 318 g/mol. The molecule has 3 aromatic rings. The van der Waals surface area contributed by atoms with Gasteiger partial charge < -0.3 is 0 Å². The lowest BCUT2D eigenvalue weighted by molar-refractivity contribution is 0.261. The van der Waals surface area contributed by atoms with Gasteiger partial charge in [0.1, 0.15) is 0 Å². The second kappa shape index (κ2) is 6.57. The molecule has 0 unspecified atom stereocenters. The highest BCUT2D eigenvalue weighted by atomic mass is 15.3. The zero-order valence-electron chi connectivity index (χ0n) is 14.0. The first kappa shape index (κ1) is 15.1. The summed E-state index contributed by atoms with van der Waals surface area (Å²) in [4.78, 5) is 6.60. The Morgan fingerprint density at radius 2 is 1.79 bits per heavy atom. The molecular weight excluding hydrogens is 296 g/mol. The van der Waals surface area contributed by atoms with Gasteiger partial charge in [0.25, 0.3) is 0 Å². The van der Waals surface area contributed by atoms with E-state index in [4.69, 9.17) is 5.10 Å². The van der Waals surface area contributed by atoms with E-state index < -0.39 is 0 Å². The lowest BCUT2D eigenvalue weighted by Crippen LogP contribution is -2.22. The molecule has 0 fully saturated rings. The van der Waals surface area contributed by atoms with Gasteiger partial charge in [-0.05, 0) is 37.1 Å². The molecule has 2 aromatic heterocycles. The molecule has 3 heterocycles. The maximum Gasteiger partial charge on any atom is 0.0926 e. The Labute approximate surface area is 142 Å². The Hall–Kier alpha value is -2.46. The second-order valence-electron chi connectivity index (χ2n) is 6.53. The first-order valence-electron chi connectivity index (χ1n) is 8.53. The molecule has 0 radical (unpaired) electrons. The summed E-state index contributed by atoms with van der Waals surface area (Å²) in [6.07, 6.45) is 4.87. The Morgan fingerprint density at radius 1 is 1.00 bits per heavy atom. The number of aromatic nitrogens is 3. The number of fused-ring (bicyclic) bond motifs is 1. The van der Waals surface area contributed by atoms with Crippen molar-refractivity contribution in [2.75, 3.05) is 6.54 Å². The predicted octanol–water partition coefficient (Wildman–Crippen LogP) is 3.66. The molecule has 0 N–H and O–H groups in total. The van der Waals surface area contributed by atoms with Gasteiger partial charge in [-0.3, -0.25) is 14.6 Å². The fourth-order valence-corrected chi connectivity index (χ4v) is 3.28. The summed E-state index contributed by atoms with van der Waals surface area (Å²) in [7, 11) is 0. The highest BCUT2D eigenvalue weighted by molar-refractivity contribution is 5.59. The fraction of sp³-hybridized carbons (Fsp3) is 0.300. The van der Waals surface area contributed by atoms with Crippen LogP contribution in [0, 0.1) is 6.92 Å². The highest BCUT2D eigenvalue weighted by Gasteiger charge is 2.17. The minimum Gasteiger partial charge on any atom is -0.293 e. The van der Waals surface area contributed by atoms with Crippen LogP contribution in [-0.2, 0) is 19.6 Å². The molecule has 1 aliphatic heterocycles. The van der Waals surface area contributed by atoms with Gasteiger partial charge in [0, 0.05) is 44.1 Å². The summed E-state index contributed by atoms with van der Waals surface area (Å²) in [5.74, 6) is 0. The summed E-state index contributed by atoms with van der Waals surface area (Å²) >= 11 is 0. The zero-order chi connectivity index (χ0) is 16.4. The van der Waals surface area contributed by atoms with Crippen molar-refractivity contribution >= 4 is 0 Å². The number of rotatable bonds is 3. The summed E-state index contributed by atoms with van der Waals surface area (Å²) in [6, 6.07) is 15.1. The molecule has 0 amide bonds. The Bertz CT molecular complexity index is 805. The molecule has 0 atom stereocenters. The van der Waals surface area contributed by atoms with Gasteiger partial charge in [0.15, 0.2) is 0 Å². The van der Waals surface area contributed by atoms with Crippen LogP contribution in [0.1, 0.15) is 23.2 Å². The molecule has 1 aliphatic rings. The Kier molecular flexibility index (Phi) is 4.13. The van der Waals surface area contributed by atoms with E-state index in [1.54, 1.807) is 0 Å². The molecule has 1 aromatic carbocycles. The number of pyridine rings is 1. The minimum absolute atomic E-state index is 0.946. The lowest BCUT2D eigenvalue weighted by Gasteiger charge is -2.19. The van der Waals surface area contributed by atoms with Crippen molar-refractivity contribution in [3.8, 4) is 11.3 Å². The average molecular weight is 318 g/mol. The Morgan fingerprint density at radius 3 is 2.58 bits per heavy atom. The van der Waals surface area contributed by atoms with Gasteiger partial charge in [0.05, 0.1) is 11.4 Å². The average Bonchev–Trinajstić information content (AvgIpc) is 2.90. The lowest BCUT2D eigenvalue weighted by atomic mass is 10.1. The van der Waals surface area contributed by atoms with Gasteiger partial charge in [-0.1, -0.05) is 29.8 Å². The zero-order valence-corrected chi connectivity index (χ0v) is 14.0. The Balaban J connectivity index is 1.55. The quantitative estimate of drug-likeness (QED) is 0.739. The van der Waals surface area contributed by atoms with Gasteiger partial charge in [-0.15, -0.1) is 0 Å². The van der Waals surface area contributed by atoms with Crippen molar-refractivity contribution in [1.82, 2.24) is 19.7 Å². The van der Waals surface area contributed by atoms with Crippen LogP contribution >= 0.6 is 0 Å². The van der Waals surface area contributed by atoms with Gasteiger partial charge >= 0.3 is 0 Å². The van der Waals surface area contributed by atoms with E-state index in [1.165, 1.54) is 22.4 Å². The van der Waals surface area contributed by atoms with Crippen LogP contribution in [0.15, 0.2) is 54.9 Å². The van der Waals surface area contributed by atoms with Crippen LogP contribution in [0.3, 0.4) is 0 Å². The van der Waals surface area contributed by atoms with E-state index in [2.05, 4.69) is 64.0 Å². The van der Waals surface area contributed by atoms with E-state index in [1.807, 2.05) is 12.4 Å². The minimum atomic E-state index is 0.946. The molecule has 0 bridgehead atoms. The van der Waals surface area contributed by atoms with Crippen LogP contribution in [0.4, 0.5) is 0 Å². The molecule has 0 spiro atoms. The third kappa shape index (κ3) is 3.24. The van der Waals surface area contributed by atoms with Crippen LogP contribution in [0.25, 0.3) is 11.3 Å². The SMILES string of the molecule is Cc1ccc(-c2cc3n(n2)CCCN(Cc2ccncc2)C3)cc1. The first-order valence-corrected chi connectivity index (χ1v) is 8.53. The van der Waals surface area contributed by atoms with Gasteiger partial charge in [0.2, 0.25) is 0 Å². The molecule has 24 heavy (non-hydrogen) atoms. The van der Waals surface area contributed by atoms with Crippen LogP contribution in [0.5, 0.6) is 0 Å². The summed E-state index contributed by atoms with van der Waals surface area (Å²) < 4.78 is 2.18. The third-order valence-corrected chi connectivity index (χ3v) is 4.60. The predicted molar refractivity (Wildman–Crippen MR) is 95.4 cm³/mol. The number of hydrogen-bond donors (Lipinski definition) is 0. The fourth-order valence-electron chi connectivity index (χ4n) is 3.28. The molecule has 4 rings (SSSR count). The van der Waals surface area contributed by atoms with E-state index in [-0.39, 0.29) is 0 Å². The topological polar surface area (TPSA) is 34.0 Å². The molecule has 4 heteroatoms. The smallest absolute Gasteiger partial charge is 0.0926 e. The molecule has 0 saturated carbocycles. The molecule has 0 aliphatic carbocycles. The van der Waals surface area contributed by atoms with Crippen LogP contribution < -0.4 is 0 Å². The second-order valence-corrected chi connectivity index (χ2v) is 6.53. The molecular formula is C20H22N4. The van der Waals surface area contributed by atoms with Crippen molar-refractivity contribution < 1.29 is 0 Å². The maximum atomic E-state index is 4.83. The number of aryl methyl sites for hydroxylation is 2.